The highest BCUT2D eigenvalue weighted by Gasteiger charge is 2.11. The number of imidazole rings is 1. The zero-order valence-corrected chi connectivity index (χ0v) is 10.3. The van der Waals surface area contributed by atoms with Crippen LogP contribution in [-0.2, 0) is 0 Å². The Morgan fingerprint density at radius 1 is 1.28 bits per heavy atom. The van der Waals surface area contributed by atoms with E-state index >= 15 is 0 Å². The van der Waals surface area contributed by atoms with Crippen molar-refractivity contribution in [1.82, 2.24) is 9.55 Å². The smallest absolute Gasteiger partial charge is 0.136 e. The first-order chi connectivity index (χ1) is 8.67. The molecule has 0 saturated carbocycles. The van der Waals surface area contributed by atoms with E-state index in [0.717, 1.165) is 11.0 Å². The first-order valence-electron chi connectivity index (χ1n) is 5.66. The van der Waals surface area contributed by atoms with Crippen molar-refractivity contribution in [2.45, 2.75) is 19.9 Å². The third kappa shape index (κ3) is 1.97. The lowest BCUT2D eigenvalue weighted by Gasteiger charge is -2.10. The van der Waals surface area contributed by atoms with E-state index < -0.39 is 0 Å². The third-order valence-corrected chi connectivity index (χ3v) is 2.65. The second kappa shape index (κ2) is 4.73. The van der Waals surface area contributed by atoms with Crippen LogP contribution in [0.4, 0.5) is 0 Å². The molecule has 0 amide bonds. The molecule has 0 radical (unpaired) electrons. The maximum Gasteiger partial charge on any atom is 0.136 e. The van der Waals surface area contributed by atoms with Crippen LogP contribution in [0.3, 0.4) is 0 Å². The number of nitrogens with zero attached hydrogens (tertiary/aromatic N) is 4. The van der Waals surface area contributed by atoms with E-state index in [-0.39, 0.29) is 11.6 Å². The zero-order valence-electron chi connectivity index (χ0n) is 10.3. The highest BCUT2D eigenvalue weighted by atomic mass is 15.1. The number of benzene rings is 1. The fraction of sp³-hybridized carbons (Fsp3) is 0.214. The summed E-state index contributed by atoms with van der Waals surface area (Å²) < 4.78 is 2.02. The van der Waals surface area contributed by atoms with Crippen LogP contribution >= 0.6 is 0 Å². The normalized spacial score (nSPS) is 10.1. The van der Waals surface area contributed by atoms with Crippen molar-refractivity contribution in [2.24, 2.45) is 0 Å². The molecule has 0 aliphatic carbocycles. The minimum atomic E-state index is 0.0622. The molecule has 2 rings (SSSR count). The van der Waals surface area contributed by atoms with Gasteiger partial charge in [0.15, 0.2) is 0 Å². The summed E-state index contributed by atoms with van der Waals surface area (Å²) in [4.78, 5) is 4.45. The number of rotatable bonds is 2. The Balaban J connectivity index is 2.72. The molecule has 18 heavy (non-hydrogen) atoms. The van der Waals surface area contributed by atoms with Crippen molar-refractivity contribution in [1.29, 1.82) is 10.5 Å². The van der Waals surface area contributed by atoms with Crippen LogP contribution in [0.5, 0.6) is 0 Å². The number of hydrogen-bond donors (Lipinski definition) is 0. The molecular formula is C14H12N4. The highest BCUT2D eigenvalue weighted by molar-refractivity contribution is 5.78. The Kier molecular flexibility index (Phi) is 3.12. The van der Waals surface area contributed by atoms with E-state index in [1.54, 1.807) is 0 Å². The Morgan fingerprint density at radius 2 is 1.94 bits per heavy atom. The topological polar surface area (TPSA) is 65.4 Å². The van der Waals surface area contributed by atoms with E-state index in [4.69, 9.17) is 10.5 Å². The fourth-order valence-corrected chi connectivity index (χ4v) is 1.93. The molecule has 88 valence electrons. The van der Waals surface area contributed by atoms with Crippen molar-refractivity contribution in [3.63, 3.8) is 0 Å². The van der Waals surface area contributed by atoms with Gasteiger partial charge in [-0.15, -0.1) is 0 Å². The van der Waals surface area contributed by atoms with Gasteiger partial charge in [0.2, 0.25) is 0 Å². The van der Waals surface area contributed by atoms with E-state index in [9.17, 15) is 0 Å². The van der Waals surface area contributed by atoms with E-state index in [0.29, 0.717) is 5.82 Å². The summed E-state index contributed by atoms with van der Waals surface area (Å²) in [6, 6.07) is 11.7. The summed E-state index contributed by atoms with van der Waals surface area (Å²) in [7, 11) is 0. The average molecular weight is 236 g/mol. The molecular weight excluding hydrogens is 224 g/mol. The van der Waals surface area contributed by atoms with E-state index in [2.05, 4.69) is 4.98 Å². The Hall–Kier alpha value is -2.59. The monoisotopic (exact) mass is 236 g/mol. The quantitative estimate of drug-likeness (QED) is 0.753. The zero-order chi connectivity index (χ0) is 13.1. The Labute approximate surface area is 105 Å². The van der Waals surface area contributed by atoms with Crippen LogP contribution in [0, 0.1) is 22.7 Å². The minimum absolute atomic E-state index is 0.0622. The van der Waals surface area contributed by atoms with Crippen molar-refractivity contribution < 1.29 is 0 Å². The average Bonchev–Trinajstić information content (AvgIpc) is 2.73. The molecule has 0 saturated heterocycles. The molecule has 4 heteroatoms. The van der Waals surface area contributed by atoms with Gasteiger partial charge in [0.25, 0.3) is 0 Å². The van der Waals surface area contributed by atoms with Crippen molar-refractivity contribution in [2.75, 3.05) is 0 Å². The van der Waals surface area contributed by atoms with Crippen LogP contribution in [0.2, 0.25) is 0 Å². The molecule has 0 aliphatic heterocycles. The van der Waals surface area contributed by atoms with Gasteiger partial charge in [-0.05, 0) is 26.0 Å². The highest BCUT2D eigenvalue weighted by Crippen LogP contribution is 2.22. The molecule has 0 bridgehead atoms. The molecule has 0 atom stereocenters. The van der Waals surface area contributed by atoms with Crippen LogP contribution < -0.4 is 0 Å². The summed E-state index contributed by atoms with van der Waals surface area (Å²) in [5, 5.41) is 17.6. The molecule has 4 nitrogen and oxygen atoms in total. The summed E-state index contributed by atoms with van der Waals surface area (Å²) >= 11 is 0. The number of aromatic nitrogens is 2. The number of allylic oxidation sites excluding steroid dienone is 1. The molecule has 0 fully saturated rings. The number of nitriles is 2. The lowest BCUT2D eigenvalue weighted by atomic mass is 10.2. The minimum Gasteiger partial charge on any atom is -0.322 e. The maximum atomic E-state index is 8.81. The summed E-state index contributed by atoms with van der Waals surface area (Å²) in [6.45, 7) is 4.09. The van der Waals surface area contributed by atoms with Gasteiger partial charge >= 0.3 is 0 Å². The molecule has 1 aromatic heterocycles. The molecule has 2 aromatic rings. The number of hydrogen-bond acceptors (Lipinski definition) is 3. The summed E-state index contributed by atoms with van der Waals surface area (Å²) in [5.74, 6) is 0.643. The van der Waals surface area contributed by atoms with Gasteiger partial charge in [-0.1, -0.05) is 12.1 Å². The van der Waals surface area contributed by atoms with Gasteiger partial charge in [0.05, 0.1) is 11.0 Å². The van der Waals surface area contributed by atoms with E-state index in [1.807, 2.05) is 54.8 Å². The van der Waals surface area contributed by atoms with Crippen LogP contribution in [-0.4, -0.2) is 9.55 Å². The predicted molar refractivity (Wildman–Crippen MR) is 69.3 cm³/mol. The molecule has 0 N–H and O–H groups in total. The second-order valence-corrected chi connectivity index (χ2v) is 4.20. The molecule has 1 heterocycles. The third-order valence-electron chi connectivity index (χ3n) is 2.65. The first kappa shape index (κ1) is 11.9. The fourth-order valence-electron chi connectivity index (χ4n) is 1.93. The van der Waals surface area contributed by atoms with E-state index in [1.165, 1.54) is 6.08 Å². The standard InChI is InChI=1S/C14H12N4/c1-10(2)18-13-6-4-3-5-12(13)17-14(18)7-11(8-15)9-16/h3-7,10H,1-2H3. The van der Waals surface area contributed by atoms with Gasteiger partial charge in [0.1, 0.15) is 23.5 Å². The van der Waals surface area contributed by atoms with Crippen molar-refractivity contribution in [3.8, 4) is 12.1 Å². The molecule has 0 unspecified atom stereocenters. The molecule has 1 aromatic carbocycles. The first-order valence-corrected chi connectivity index (χ1v) is 5.66. The Bertz CT molecular complexity index is 677. The molecule has 0 aliphatic rings. The van der Waals surface area contributed by atoms with Crippen molar-refractivity contribution >= 4 is 17.1 Å². The number of fused-ring (bicyclic) bond motifs is 1. The SMILES string of the molecule is CC(C)n1c(C=C(C#N)C#N)nc2ccccc21. The largest absolute Gasteiger partial charge is 0.322 e. The maximum absolute atomic E-state index is 8.81. The van der Waals surface area contributed by atoms with Gasteiger partial charge in [-0.2, -0.15) is 10.5 Å². The van der Waals surface area contributed by atoms with Crippen LogP contribution in [0.25, 0.3) is 17.1 Å². The van der Waals surface area contributed by atoms with Gasteiger partial charge in [0, 0.05) is 12.1 Å². The van der Waals surface area contributed by atoms with Crippen LogP contribution in [0.15, 0.2) is 29.8 Å². The van der Waals surface area contributed by atoms with Gasteiger partial charge < -0.3 is 4.57 Å². The Morgan fingerprint density at radius 3 is 2.56 bits per heavy atom. The lowest BCUT2D eigenvalue weighted by Crippen LogP contribution is -2.03. The second-order valence-electron chi connectivity index (χ2n) is 4.20. The van der Waals surface area contributed by atoms with Gasteiger partial charge in [-0.25, -0.2) is 4.98 Å². The lowest BCUT2D eigenvalue weighted by molar-refractivity contribution is 0.612. The van der Waals surface area contributed by atoms with Crippen molar-refractivity contribution in [3.05, 3.63) is 35.7 Å². The van der Waals surface area contributed by atoms with Gasteiger partial charge in [-0.3, -0.25) is 0 Å². The molecule has 0 spiro atoms. The summed E-state index contributed by atoms with van der Waals surface area (Å²) in [6.07, 6.45) is 1.53. The summed E-state index contributed by atoms with van der Waals surface area (Å²) in [5.41, 5.74) is 1.94. The number of para-hydroxylation sites is 2. The van der Waals surface area contributed by atoms with Crippen LogP contribution in [0.1, 0.15) is 25.7 Å². The predicted octanol–water partition coefficient (Wildman–Crippen LogP) is 3.05.